The van der Waals surface area contributed by atoms with E-state index in [1.165, 1.54) is 0 Å². The zero-order chi connectivity index (χ0) is 12.3. The molecular weight excluding hydrogens is 272 g/mol. The number of hydrogen-bond acceptors (Lipinski definition) is 3. The van der Waals surface area contributed by atoms with Crippen LogP contribution in [0.3, 0.4) is 0 Å². The maximum absolute atomic E-state index is 11.8. The third kappa shape index (κ3) is 3.35. The number of carbonyl (C=O) groups is 1. The second-order valence-electron chi connectivity index (χ2n) is 4.17. The molecule has 0 unspecified atom stereocenters. The number of hydrogen-bond donors (Lipinski definition) is 1. The molecular formula is C11H17BrN2O2. The van der Waals surface area contributed by atoms with Crippen molar-refractivity contribution >= 4 is 21.8 Å². The highest BCUT2D eigenvalue weighted by Crippen LogP contribution is 2.15. The van der Waals surface area contributed by atoms with Crippen LogP contribution in [0.4, 0.5) is 0 Å². The van der Waals surface area contributed by atoms with Crippen LogP contribution in [0.25, 0.3) is 0 Å². The summed E-state index contributed by atoms with van der Waals surface area (Å²) < 4.78 is 5.99. The van der Waals surface area contributed by atoms with Crippen LogP contribution in [0.1, 0.15) is 19.6 Å². The SMILES string of the molecule is CC(C)[C@H](N)C(=O)N(C)Cc1ccc(Br)o1. The van der Waals surface area contributed by atoms with Crippen LogP contribution < -0.4 is 5.73 Å². The molecule has 1 aromatic rings. The van der Waals surface area contributed by atoms with E-state index in [-0.39, 0.29) is 11.8 Å². The van der Waals surface area contributed by atoms with Crippen molar-refractivity contribution in [1.29, 1.82) is 0 Å². The Morgan fingerprint density at radius 1 is 1.56 bits per heavy atom. The average molecular weight is 289 g/mol. The third-order valence-corrected chi connectivity index (χ3v) is 2.83. The highest BCUT2D eigenvalue weighted by atomic mass is 79.9. The van der Waals surface area contributed by atoms with Gasteiger partial charge in [0.1, 0.15) is 5.76 Å². The van der Waals surface area contributed by atoms with Crippen molar-refractivity contribution in [3.63, 3.8) is 0 Å². The Hall–Kier alpha value is -0.810. The van der Waals surface area contributed by atoms with Gasteiger partial charge < -0.3 is 15.1 Å². The lowest BCUT2D eigenvalue weighted by Crippen LogP contribution is -2.44. The first-order valence-corrected chi connectivity index (χ1v) is 5.96. The van der Waals surface area contributed by atoms with Gasteiger partial charge in [0.15, 0.2) is 4.67 Å². The Balaban J connectivity index is 2.58. The van der Waals surface area contributed by atoms with E-state index in [1.54, 1.807) is 18.0 Å². The second-order valence-corrected chi connectivity index (χ2v) is 4.95. The average Bonchev–Trinajstić information content (AvgIpc) is 2.61. The van der Waals surface area contributed by atoms with Gasteiger partial charge in [-0.2, -0.15) is 0 Å². The van der Waals surface area contributed by atoms with Gasteiger partial charge in [-0.05, 0) is 34.0 Å². The number of halogens is 1. The maximum Gasteiger partial charge on any atom is 0.239 e. The fourth-order valence-corrected chi connectivity index (χ4v) is 1.63. The molecule has 0 aliphatic carbocycles. The highest BCUT2D eigenvalue weighted by molar-refractivity contribution is 9.10. The molecule has 0 bridgehead atoms. The fourth-order valence-electron chi connectivity index (χ4n) is 1.29. The predicted octanol–water partition coefficient (Wildman–Crippen LogP) is 1.98. The normalized spacial score (nSPS) is 12.9. The zero-order valence-corrected chi connectivity index (χ0v) is 11.3. The van der Waals surface area contributed by atoms with Gasteiger partial charge >= 0.3 is 0 Å². The van der Waals surface area contributed by atoms with Gasteiger partial charge in [0.2, 0.25) is 5.91 Å². The van der Waals surface area contributed by atoms with E-state index < -0.39 is 6.04 Å². The molecule has 1 atom stereocenters. The van der Waals surface area contributed by atoms with Crippen LogP contribution in [-0.2, 0) is 11.3 Å². The molecule has 0 radical (unpaired) electrons. The number of carbonyl (C=O) groups excluding carboxylic acids is 1. The fraction of sp³-hybridized carbons (Fsp3) is 0.545. The smallest absolute Gasteiger partial charge is 0.239 e. The summed E-state index contributed by atoms with van der Waals surface area (Å²) >= 11 is 3.22. The van der Waals surface area contributed by atoms with Crippen LogP contribution in [0.15, 0.2) is 21.2 Å². The number of amides is 1. The largest absolute Gasteiger partial charge is 0.452 e. The quantitative estimate of drug-likeness (QED) is 0.922. The van der Waals surface area contributed by atoms with E-state index in [4.69, 9.17) is 10.2 Å². The summed E-state index contributed by atoms with van der Waals surface area (Å²) in [7, 11) is 1.72. The lowest BCUT2D eigenvalue weighted by Gasteiger charge is -2.22. The minimum Gasteiger partial charge on any atom is -0.452 e. The Morgan fingerprint density at radius 3 is 2.62 bits per heavy atom. The summed E-state index contributed by atoms with van der Waals surface area (Å²) in [4.78, 5) is 13.4. The summed E-state index contributed by atoms with van der Waals surface area (Å²) in [6, 6.07) is 3.17. The van der Waals surface area contributed by atoms with Crippen molar-refractivity contribution in [2.24, 2.45) is 11.7 Å². The van der Waals surface area contributed by atoms with E-state index in [0.717, 1.165) is 5.76 Å². The van der Waals surface area contributed by atoms with Crippen molar-refractivity contribution in [3.8, 4) is 0 Å². The Kier molecular flexibility index (Phi) is 4.56. The number of furan rings is 1. The zero-order valence-electron chi connectivity index (χ0n) is 9.74. The Labute approximate surface area is 104 Å². The lowest BCUT2D eigenvalue weighted by molar-refractivity contribution is -0.133. The van der Waals surface area contributed by atoms with Crippen molar-refractivity contribution in [2.75, 3.05) is 7.05 Å². The number of rotatable bonds is 4. The molecule has 1 rings (SSSR count). The summed E-state index contributed by atoms with van der Waals surface area (Å²) in [6.45, 7) is 4.30. The van der Waals surface area contributed by atoms with Crippen LogP contribution in [0.5, 0.6) is 0 Å². The van der Waals surface area contributed by atoms with Crippen molar-refractivity contribution in [2.45, 2.75) is 26.4 Å². The van der Waals surface area contributed by atoms with E-state index in [9.17, 15) is 4.79 Å². The Morgan fingerprint density at radius 2 is 2.19 bits per heavy atom. The van der Waals surface area contributed by atoms with E-state index >= 15 is 0 Å². The highest BCUT2D eigenvalue weighted by Gasteiger charge is 2.21. The third-order valence-electron chi connectivity index (χ3n) is 2.40. The van der Waals surface area contributed by atoms with Gasteiger partial charge in [-0.15, -0.1) is 0 Å². The van der Waals surface area contributed by atoms with E-state index in [2.05, 4.69) is 15.9 Å². The van der Waals surface area contributed by atoms with Gasteiger partial charge in [0.25, 0.3) is 0 Å². The van der Waals surface area contributed by atoms with Gasteiger partial charge in [-0.3, -0.25) is 4.79 Å². The standard InChI is InChI=1S/C11H17BrN2O2/c1-7(2)10(13)11(15)14(3)6-8-4-5-9(12)16-8/h4-5,7,10H,6,13H2,1-3H3/t10-/m0/s1. The Bertz CT molecular complexity index is 363. The molecule has 0 spiro atoms. The molecule has 1 amide bonds. The molecule has 1 aromatic heterocycles. The number of nitrogens with two attached hydrogens (primary N) is 1. The molecule has 4 nitrogen and oxygen atoms in total. The molecule has 5 heteroatoms. The van der Waals surface area contributed by atoms with Crippen LogP contribution in [0, 0.1) is 5.92 Å². The summed E-state index contributed by atoms with van der Waals surface area (Å²) in [5, 5.41) is 0. The molecule has 0 aromatic carbocycles. The van der Waals surface area contributed by atoms with E-state index in [1.807, 2.05) is 19.9 Å². The van der Waals surface area contributed by atoms with Crippen molar-refractivity contribution in [3.05, 3.63) is 22.6 Å². The first-order chi connectivity index (χ1) is 7.41. The summed E-state index contributed by atoms with van der Waals surface area (Å²) in [5.74, 6) is 0.805. The maximum atomic E-state index is 11.8. The van der Waals surface area contributed by atoms with Crippen molar-refractivity contribution < 1.29 is 9.21 Å². The number of nitrogens with zero attached hydrogens (tertiary/aromatic N) is 1. The van der Waals surface area contributed by atoms with Crippen LogP contribution in [-0.4, -0.2) is 23.9 Å². The van der Waals surface area contributed by atoms with Gasteiger partial charge in [0.05, 0.1) is 12.6 Å². The topological polar surface area (TPSA) is 59.5 Å². The van der Waals surface area contributed by atoms with Gasteiger partial charge in [-0.1, -0.05) is 13.8 Å². The van der Waals surface area contributed by atoms with Crippen molar-refractivity contribution in [1.82, 2.24) is 4.90 Å². The summed E-state index contributed by atoms with van der Waals surface area (Å²) in [6.07, 6.45) is 0. The van der Waals surface area contributed by atoms with E-state index in [0.29, 0.717) is 11.2 Å². The molecule has 0 aliphatic heterocycles. The molecule has 90 valence electrons. The first kappa shape index (κ1) is 13.3. The molecule has 0 saturated heterocycles. The minimum atomic E-state index is -0.455. The molecule has 0 fully saturated rings. The molecule has 16 heavy (non-hydrogen) atoms. The number of likely N-dealkylation sites (N-methyl/N-ethyl adjacent to an activating group) is 1. The van der Waals surface area contributed by atoms with Crippen LogP contribution in [0.2, 0.25) is 0 Å². The van der Waals surface area contributed by atoms with Gasteiger partial charge in [-0.25, -0.2) is 0 Å². The summed E-state index contributed by atoms with van der Waals surface area (Å²) in [5.41, 5.74) is 5.79. The molecule has 1 heterocycles. The predicted molar refractivity (Wildman–Crippen MR) is 65.7 cm³/mol. The van der Waals surface area contributed by atoms with Crippen LogP contribution >= 0.6 is 15.9 Å². The molecule has 0 aliphatic rings. The second kappa shape index (κ2) is 5.50. The minimum absolute atomic E-state index is 0.0671. The molecule has 0 saturated carbocycles. The van der Waals surface area contributed by atoms with Gasteiger partial charge in [0, 0.05) is 7.05 Å². The lowest BCUT2D eigenvalue weighted by atomic mass is 10.0. The monoisotopic (exact) mass is 288 g/mol. The molecule has 2 N–H and O–H groups in total. The first-order valence-electron chi connectivity index (χ1n) is 5.16.